The lowest BCUT2D eigenvalue weighted by Gasteiger charge is -2.42. The number of imidazole rings is 1. The maximum Gasteiger partial charge on any atom is 0.339 e. The average Bonchev–Trinajstić information content (AvgIpc) is 3.45. The van der Waals surface area contributed by atoms with E-state index in [1.807, 2.05) is 19.1 Å². The van der Waals surface area contributed by atoms with Gasteiger partial charge in [0.15, 0.2) is 16.1 Å². The van der Waals surface area contributed by atoms with E-state index in [1.165, 1.54) is 17.8 Å². The van der Waals surface area contributed by atoms with Crippen molar-refractivity contribution in [3.63, 3.8) is 0 Å². The molecule has 36 heavy (non-hydrogen) atoms. The van der Waals surface area contributed by atoms with Crippen LogP contribution in [0.5, 0.6) is 0 Å². The normalized spacial score (nSPS) is 20.4. The minimum absolute atomic E-state index is 0.0484. The Morgan fingerprint density at radius 3 is 2.75 bits per heavy atom. The number of rotatable bonds is 8. The molecule has 1 saturated heterocycles. The smallest absolute Gasteiger partial charge is 0.339 e. The monoisotopic (exact) mass is 530 g/mol. The molecule has 9 nitrogen and oxygen atoms in total. The number of hydrogen-bond acceptors (Lipinski definition) is 8. The molecule has 192 valence electrons. The maximum atomic E-state index is 13.0. The Hall–Kier alpha value is -2.69. The summed E-state index contributed by atoms with van der Waals surface area (Å²) in [6.45, 7) is 5.54. The van der Waals surface area contributed by atoms with Crippen LogP contribution in [0.25, 0.3) is 10.2 Å². The summed E-state index contributed by atoms with van der Waals surface area (Å²) in [5.74, 6) is -0.317. The molecule has 2 fully saturated rings. The molecule has 3 heterocycles. The van der Waals surface area contributed by atoms with Crippen LogP contribution in [-0.4, -0.2) is 64.7 Å². The molecule has 1 aliphatic carbocycles. The zero-order valence-electron chi connectivity index (χ0n) is 20.5. The Labute approximate surface area is 219 Å². The van der Waals surface area contributed by atoms with Gasteiger partial charge in [0, 0.05) is 31.2 Å². The third-order valence-corrected chi connectivity index (χ3v) is 8.43. The number of carbonyl (C=O) groups excluding carboxylic acids is 2. The van der Waals surface area contributed by atoms with E-state index in [1.54, 1.807) is 13.0 Å². The Morgan fingerprint density at radius 2 is 2.06 bits per heavy atom. The SMILES string of the molecule is CCOC(=O)c1cccc2nc(N3CCC(NC(=O)c4nc(Cl)c(CC)[nH]4)C(NC4CCC4)C3)sc12. The molecular formula is C25H31ClN6O3S. The molecule has 0 radical (unpaired) electrons. The minimum Gasteiger partial charge on any atom is -0.462 e. The van der Waals surface area contributed by atoms with E-state index in [0.717, 1.165) is 46.8 Å². The minimum atomic E-state index is -0.325. The Balaban J connectivity index is 1.34. The number of halogens is 1. The topological polar surface area (TPSA) is 112 Å². The van der Waals surface area contributed by atoms with Gasteiger partial charge in [-0.1, -0.05) is 42.3 Å². The number of aryl methyl sites for hydroxylation is 1. The van der Waals surface area contributed by atoms with E-state index in [2.05, 4.69) is 25.5 Å². The fourth-order valence-corrected chi connectivity index (χ4v) is 6.12. The number of anilines is 1. The zero-order chi connectivity index (χ0) is 25.2. The summed E-state index contributed by atoms with van der Waals surface area (Å²) in [5.41, 5.74) is 2.10. The summed E-state index contributed by atoms with van der Waals surface area (Å²) in [5, 5.41) is 8.16. The van der Waals surface area contributed by atoms with E-state index in [0.29, 0.717) is 36.3 Å². The highest BCUT2D eigenvalue weighted by atomic mass is 35.5. The molecule has 1 aromatic carbocycles. The van der Waals surface area contributed by atoms with Crippen molar-refractivity contribution in [3.8, 4) is 0 Å². The van der Waals surface area contributed by atoms with Gasteiger partial charge < -0.3 is 25.3 Å². The van der Waals surface area contributed by atoms with E-state index in [-0.39, 0.29) is 29.8 Å². The lowest BCUT2D eigenvalue weighted by Crippen LogP contribution is -2.62. The number of H-pyrrole nitrogens is 1. The van der Waals surface area contributed by atoms with Crippen molar-refractivity contribution < 1.29 is 14.3 Å². The number of ether oxygens (including phenoxy) is 1. The van der Waals surface area contributed by atoms with Crippen LogP contribution in [0.3, 0.4) is 0 Å². The summed E-state index contributed by atoms with van der Waals surface area (Å²) in [6.07, 6.45) is 4.96. The molecule has 5 rings (SSSR count). The van der Waals surface area contributed by atoms with Gasteiger partial charge in [0.2, 0.25) is 0 Å². The molecule has 3 aromatic rings. The highest BCUT2D eigenvalue weighted by molar-refractivity contribution is 7.22. The van der Waals surface area contributed by atoms with Gasteiger partial charge in [-0.25, -0.2) is 14.8 Å². The molecule has 2 aromatic heterocycles. The van der Waals surface area contributed by atoms with E-state index < -0.39 is 0 Å². The van der Waals surface area contributed by atoms with Crippen molar-refractivity contribution in [3.05, 3.63) is 40.4 Å². The number of aromatic nitrogens is 3. The Bertz CT molecular complexity index is 1260. The number of aromatic amines is 1. The van der Waals surface area contributed by atoms with Crippen LogP contribution in [0.15, 0.2) is 18.2 Å². The summed E-state index contributed by atoms with van der Waals surface area (Å²) in [6, 6.07) is 6.02. The second kappa shape index (κ2) is 10.7. The summed E-state index contributed by atoms with van der Waals surface area (Å²) >= 11 is 7.66. The molecule has 1 amide bonds. The molecule has 2 unspecified atom stereocenters. The lowest BCUT2D eigenvalue weighted by atomic mass is 9.90. The fraction of sp³-hybridized carbons (Fsp3) is 0.520. The number of fused-ring (bicyclic) bond motifs is 1. The molecule has 0 bridgehead atoms. The Kier molecular flexibility index (Phi) is 7.45. The highest BCUT2D eigenvalue weighted by Crippen LogP contribution is 2.33. The first kappa shape index (κ1) is 25.0. The van der Waals surface area contributed by atoms with Crippen LogP contribution >= 0.6 is 22.9 Å². The summed E-state index contributed by atoms with van der Waals surface area (Å²) < 4.78 is 6.07. The molecule has 1 saturated carbocycles. The molecule has 2 atom stereocenters. The highest BCUT2D eigenvalue weighted by Gasteiger charge is 2.35. The van der Waals surface area contributed by atoms with Crippen molar-refractivity contribution >= 4 is 50.2 Å². The number of carbonyl (C=O) groups is 2. The predicted molar refractivity (Wildman–Crippen MR) is 141 cm³/mol. The van der Waals surface area contributed by atoms with Crippen molar-refractivity contribution in [1.29, 1.82) is 0 Å². The average molecular weight is 531 g/mol. The van der Waals surface area contributed by atoms with Crippen LogP contribution in [-0.2, 0) is 11.2 Å². The number of hydrogen-bond donors (Lipinski definition) is 3. The largest absolute Gasteiger partial charge is 0.462 e. The first-order valence-corrected chi connectivity index (χ1v) is 13.8. The molecule has 11 heteroatoms. The molecule has 2 aliphatic rings. The van der Waals surface area contributed by atoms with Crippen LogP contribution in [0.2, 0.25) is 5.15 Å². The van der Waals surface area contributed by atoms with Gasteiger partial charge in [-0.05, 0) is 44.7 Å². The predicted octanol–water partition coefficient (Wildman–Crippen LogP) is 3.93. The van der Waals surface area contributed by atoms with Crippen LogP contribution in [0, 0.1) is 0 Å². The number of piperidine rings is 1. The first-order chi connectivity index (χ1) is 17.5. The lowest BCUT2D eigenvalue weighted by molar-refractivity contribution is 0.0528. The quantitative estimate of drug-likeness (QED) is 0.378. The number of thiazole rings is 1. The number of nitrogens with zero attached hydrogens (tertiary/aromatic N) is 3. The third-order valence-electron chi connectivity index (χ3n) is 6.95. The second-order valence-corrected chi connectivity index (χ2v) is 10.6. The van der Waals surface area contributed by atoms with Crippen molar-refractivity contribution in [2.75, 3.05) is 24.6 Å². The van der Waals surface area contributed by atoms with E-state index in [9.17, 15) is 9.59 Å². The van der Waals surface area contributed by atoms with Gasteiger partial charge in [0.05, 0.1) is 28.1 Å². The summed E-state index contributed by atoms with van der Waals surface area (Å²) in [7, 11) is 0. The standard InChI is InChI=1S/C25H31ClN6O3S/c1-3-16-21(26)31-22(28-16)23(33)29-17-11-12-32(13-19(17)27-14-7-5-8-14)25-30-18-10-6-9-15(20(18)36-25)24(34)35-4-2/h6,9-10,14,17,19,27H,3-5,7-8,11-13H2,1-2H3,(H,28,31)(H,29,33). The van der Waals surface area contributed by atoms with Crippen molar-refractivity contribution in [2.45, 2.75) is 64.1 Å². The van der Waals surface area contributed by atoms with Crippen LogP contribution in [0.1, 0.15) is 66.2 Å². The molecule has 0 spiro atoms. The van der Waals surface area contributed by atoms with Crippen molar-refractivity contribution in [2.24, 2.45) is 0 Å². The third kappa shape index (κ3) is 5.07. The van der Waals surface area contributed by atoms with E-state index in [4.69, 9.17) is 21.3 Å². The van der Waals surface area contributed by atoms with Gasteiger partial charge in [-0.3, -0.25) is 4.79 Å². The van der Waals surface area contributed by atoms with Gasteiger partial charge in [-0.2, -0.15) is 0 Å². The number of esters is 1. The number of benzene rings is 1. The fourth-order valence-electron chi connectivity index (χ4n) is 4.75. The number of nitrogens with one attached hydrogen (secondary N) is 3. The van der Waals surface area contributed by atoms with Crippen LogP contribution in [0.4, 0.5) is 5.13 Å². The Morgan fingerprint density at radius 1 is 1.22 bits per heavy atom. The second-order valence-electron chi connectivity index (χ2n) is 9.29. The molecule has 1 aliphatic heterocycles. The van der Waals surface area contributed by atoms with Crippen molar-refractivity contribution in [1.82, 2.24) is 25.6 Å². The number of amides is 1. The van der Waals surface area contributed by atoms with Gasteiger partial charge in [0.1, 0.15) is 0 Å². The van der Waals surface area contributed by atoms with E-state index >= 15 is 0 Å². The van der Waals surface area contributed by atoms with Crippen LogP contribution < -0.4 is 15.5 Å². The first-order valence-electron chi connectivity index (χ1n) is 12.6. The van der Waals surface area contributed by atoms with Gasteiger partial charge in [-0.15, -0.1) is 0 Å². The molecular weight excluding hydrogens is 500 g/mol. The van der Waals surface area contributed by atoms with Gasteiger partial charge in [0.25, 0.3) is 5.91 Å². The maximum absolute atomic E-state index is 13.0. The molecule has 3 N–H and O–H groups in total. The van der Waals surface area contributed by atoms with Gasteiger partial charge >= 0.3 is 5.97 Å². The zero-order valence-corrected chi connectivity index (χ0v) is 22.0. The summed E-state index contributed by atoms with van der Waals surface area (Å²) in [4.78, 5) is 39.7.